The van der Waals surface area contributed by atoms with Gasteiger partial charge in [-0.15, -0.1) is 0 Å². The van der Waals surface area contributed by atoms with E-state index in [1.165, 1.54) is 12.5 Å². The highest BCUT2D eigenvalue weighted by atomic mass is 19.1. The van der Waals surface area contributed by atoms with Crippen LogP contribution in [-0.4, -0.2) is 53.9 Å². The number of piperidine rings is 1. The molecule has 0 unspecified atom stereocenters. The third-order valence-corrected chi connectivity index (χ3v) is 5.20. The molecule has 1 fully saturated rings. The highest BCUT2D eigenvalue weighted by Crippen LogP contribution is 2.28. The highest BCUT2D eigenvalue weighted by Gasteiger charge is 2.33. The Kier molecular flexibility index (Phi) is 6.20. The van der Waals surface area contributed by atoms with Gasteiger partial charge in [-0.05, 0) is 17.7 Å². The van der Waals surface area contributed by atoms with Gasteiger partial charge in [-0.2, -0.15) is 0 Å². The summed E-state index contributed by atoms with van der Waals surface area (Å²) in [5.41, 5.74) is 7.46. The van der Waals surface area contributed by atoms with E-state index < -0.39 is 5.67 Å². The van der Waals surface area contributed by atoms with Crippen molar-refractivity contribution in [1.29, 1.82) is 16.2 Å². The minimum absolute atomic E-state index is 0.142. The molecule has 2 aromatic rings. The van der Waals surface area contributed by atoms with E-state index in [1.54, 1.807) is 37.5 Å². The van der Waals surface area contributed by atoms with Gasteiger partial charge in [-0.3, -0.25) is 5.41 Å². The summed E-state index contributed by atoms with van der Waals surface area (Å²) in [5.74, 6) is 0.613. The molecule has 30 heavy (non-hydrogen) atoms. The number of nitrogen functional groups attached to an aromatic ring is 1. The SMILES string of the molecule is CN/C=C(\C=N)c1ccc(N)c(C(=N)c2cc(N3CCC(F)(C=N)CC3)ncn2)c1. The fourth-order valence-corrected chi connectivity index (χ4v) is 3.36. The molecule has 0 saturated carbocycles. The largest absolute Gasteiger partial charge is 0.398 e. The van der Waals surface area contributed by atoms with Gasteiger partial charge in [0, 0.05) is 74.5 Å². The van der Waals surface area contributed by atoms with Gasteiger partial charge in [-0.1, -0.05) is 6.07 Å². The smallest absolute Gasteiger partial charge is 0.148 e. The molecule has 0 radical (unpaired) electrons. The van der Waals surface area contributed by atoms with E-state index in [2.05, 4.69) is 15.3 Å². The Hall–Kier alpha value is -3.62. The first-order valence-corrected chi connectivity index (χ1v) is 9.55. The Morgan fingerprint density at radius 3 is 2.60 bits per heavy atom. The molecule has 6 N–H and O–H groups in total. The van der Waals surface area contributed by atoms with Crippen molar-refractivity contribution in [3.05, 3.63) is 53.6 Å². The van der Waals surface area contributed by atoms with Crippen molar-refractivity contribution in [3.63, 3.8) is 0 Å². The quantitative estimate of drug-likeness (QED) is 0.354. The lowest BCUT2D eigenvalue weighted by atomic mass is 9.94. The predicted octanol–water partition coefficient (Wildman–Crippen LogP) is 2.64. The Bertz CT molecular complexity index is 992. The van der Waals surface area contributed by atoms with Crippen molar-refractivity contribution < 1.29 is 4.39 Å². The molecule has 0 aliphatic carbocycles. The first-order chi connectivity index (χ1) is 14.4. The van der Waals surface area contributed by atoms with Crippen LogP contribution in [-0.2, 0) is 0 Å². The van der Waals surface area contributed by atoms with E-state index in [-0.39, 0.29) is 18.6 Å². The summed E-state index contributed by atoms with van der Waals surface area (Å²) in [6.45, 7) is 0.871. The summed E-state index contributed by atoms with van der Waals surface area (Å²) in [7, 11) is 1.75. The first-order valence-electron chi connectivity index (χ1n) is 9.55. The van der Waals surface area contributed by atoms with Crippen molar-refractivity contribution in [2.75, 3.05) is 30.8 Å². The Morgan fingerprint density at radius 1 is 1.23 bits per heavy atom. The Balaban J connectivity index is 1.88. The molecular weight excluding hydrogens is 383 g/mol. The molecule has 8 nitrogen and oxygen atoms in total. The lowest BCUT2D eigenvalue weighted by Gasteiger charge is -2.34. The number of benzene rings is 1. The lowest BCUT2D eigenvalue weighted by molar-refractivity contribution is 0.212. The Morgan fingerprint density at radius 2 is 1.97 bits per heavy atom. The molecule has 1 saturated heterocycles. The number of allylic oxidation sites excluding steroid dienone is 1. The van der Waals surface area contributed by atoms with Gasteiger partial charge >= 0.3 is 0 Å². The molecule has 1 aliphatic heterocycles. The minimum atomic E-state index is -1.55. The average molecular weight is 408 g/mol. The molecule has 0 amide bonds. The summed E-state index contributed by atoms with van der Waals surface area (Å²) in [6.07, 6.45) is 5.65. The number of hydrogen-bond acceptors (Lipinski definition) is 8. The number of hydrogen-bond donors (Lipinski definition) is 5. The Labute approximate surface area is 174 Å². The zero-order valence-electron chi connectivity index (χ0n) is 16.7. The topological polar surface area (TPSA) is 139 Å². The van der Waals surface area contributed by atoms with E-state index in [1.807, 2.05) is 4.90 Å². The fraction of sp³-hybridized carbons (Fsp3) is 0.286. The molecule has 156 valence electrons. The second-order valence-corrected chi connectivity index (χ2v) is 7.14. The molecule has 0 spiro atoms. The second kappa shape index (κ2) is 8.81. The van der Waals surface area contributed by atoms with Crippen LogP contribution in [0.5, 0.6) is 0 Å². The van der Waals surface area contributed by atoms with Crippen LogP contribution in [0.1, 0.15) is 29.7 Å². The van der Waals surface area contributed by atoms with E-state index in [4.69, 9.17) is 22.0 Å². The monoisotopic (exact) mass is 408 g/mol. The van der Waals surface area contributed by atoms with Crippen LogP contribution >= 0.6 is 0 Å². The molecule has 1 aromatic carbocycles. The molecular formula is C21H25FN8. The summed E-state index contributed by atoms with van der Waals surface area (Å²) < 4.78 is 14.3. The zero-order chi connectivity index (χ0) is 21.7. The van der Waals surface area contributed by atoms with Crippen molar-refractivity contribution >= 4 is 35.2 Å². The third kappa shape index (κ3) is 4.35. The summed E-state index contributed by atoms with van der Waals surface area (Å²) in [5, 5.41) is 26.4. The van der Waals surface area contributed by atoms with Gasteiger partial charge in [0.05, 0.1) is 11.4 Å². The van der Waals surface area contributed by atoms with E-state index in [0.717, 1.165) is 11.8 Å². The zero-order valence-corrected chi connectivity index (χ0v) is 16.7. The number of nitrogens with zero attached hydrogens (tertiary/aromatic N) is 3. The normalized spacial score (nSPS) is 16.1. The van der Waals surface area contributed by atoms with Crippen LogP contribution in [0, 0.1) is 16.2 Å². The maximum absolute atomic E-state index is 14.3. The van der Waals surface area contributed by atoms with Gasteiger partial charge in [0.15, 0.2) is 0 Å². The number of nitrogens with one attached hydrogen (secondary N) is 4. The van der Waals surface area contributed by atoms with Crippen LogP contribution in [0.15, 0.2) is 36.8 Å². The van der Waals surface area contributed by atoms with Crippen LogP contribution in [0.3, 0.4) is 0 Å². The summed E-state index contributed by atoms with van der Waals surface area (Å²) in [4.78, 5) is 10.4. The molecule has 1 aliphatic rings. The standard InChI is InChI=1S/C21H25FN8/c1-27-11-15(10-23)14-2-3-17(25)16(8-14)20(26)18-9-19(29-13-28-18)30-6-4-21(22,12-24)5-7-30/h2-3,8-13,23-24,26-27H,4-7,25H2,1H3/b15-11+,23-10?,24-12?,26-20?. The molecule has 1 aromatic heterocycles. The third-order valence-electron chi connectivity index (χ3n) is 5.20. The van der Waals surface area contributed by atoms with E-state index in [9.17, 15) is 4.39 Å². The number of alkyl halides is 1. The number of rotatable bonds is 7. The first kappa shape index (κ1) is 21.1. The highest BCUT2D eigenvalue weighted by molar-refractivity contribution is 6.15. The molecule has 2 heterocycles. The van der Waals surface area contributed by atoms with Crippen LogP contribution < -0.4 is 16.0 Å². The number of nitrogens with two attached hydrogens (primary N) is 1. The number of anilines is 2. The van der Waals surface area contributed by atoms with Crippen molar-refractivity contribution in [2.45, 2.75) is 18.5 Å². The average Bonchev–Trinajstić information content (AvgIpc) is 2.78. The number of halogens is 1. The fourth-order valence-electron chi connectivity index (χ4n) is 3.36. The van der Waals surface area contributed by atoms with Crippen LogP contribution in [0.2, 0.25) is 0 Å². The van der Waals surface area contributed by atoms with E-state index >= 15 is 0 Å². The lowest BCUT2D eigenvalue weighted by Crippen LogP contribution is -2.43. The van der Waals surface area contributed by atoms with Crippen molar-refractivity contribution in [3.8, 4) is 0 Å². The maximum atomic E-state index is 14.3. The van der Waals surface area contributed by atoms with Gasteiger partial charge in [-0.25, -0.2) is 14.4 Å². The summed E-state index contributed by atoms with van der Waals surface area (Å²) >= 11 is 0. The van der Waals surface area contributed by atoms with Gasteiger partial charge in [0.1, 0.15) is 17.8 Å². The van der Waals surface area contributed by atoms with Crippen molar-refractivity contribution in [1.82, 2.24) is 15.3 Å². The maximum Gasteiger partial charge on any atom is 0.148 e. The van der Waals surface area contributed by atoms with Gasteiger partial charge in [0.2, 0.25) is 0 Å². The van der Waals surface area contributed by atoms with Gasteiger partial charge in [0.25, 0.3) is 0 Å². The number of aromatic nitrogens is 2. The molecule has 0 atom stereocenters. The van der Waals surface area contributed by atoms with E-state index in [0.29, 0.717) is 41.4 Å². The van der Waals surface area contributed by atoms with Crippen LogP contribution in [0.4, 0.5) is 15.9 Å². The van der Waals surface area contributed by atoms with Gasteiger partial charge < -0.3 is 26.8 Å². The molecule has 0 bridgehead atoms. The van der Waals surface area contributed by atoms with Crippen LogP contribution in [0.25, 0.3) is 5.57 Å². The second-order valence-electron chi connectivity index (χ2n) is 7.14. The minimum Gasteiger partial charge on any atom is -0.398 e. The summed E-state index contributed by atoms with van der Waals surface area (Å²) in [6, 6.07) is 6.96. The predicted molar refractivity (Wildman–Crippen MR) is 119 cm³/mol. The molecule has 3 rings (SSSR count). The molecule has 9 heteroatoms. The van der Waals surface area contributed by atoms with Crippen molar-refractivity contribution in [2.24, 2.45) is 0 Å².